The SMILES string of the molecule is CCCCCCCN(C(=O)Cn1c(CC)nc(C)cc1=O)c1ccc(S[C@H](C)CC(C)C)cc1. The van der Waals surface area contributed by atoms with Gasteiger partial charge in [-0.3, -0.25) is 14.2 Å². The zero-order valence-corrected chi connectivity index (χ0v) is 22.8. The van der Waals surface area contributed by atoms with Gasteiger partial charge in [0.1, 0.15) is 12.4 Å². The van der Waals surface area contributed by atoms with Crippen LogP contribution < -0.4 is 10.5 Å². The van der Waals surface area contributed by atoms with Crippen LogP contribution in [0.4, 0.5) is 5.69 Å². The van der Waals surface area contributed by atoms with Gasteiger partial charge in [0, 0.05) is 40.6 Å². The molecule has 0 bridgehead atoms. The topological polar surface area (TPSA) is 55.2 Å². The first-order valence-electron chi connectivity index (χ1n) is 12.9. The summed E-state index contributed by atoms with van der Waals surface area (Å²) >= 11 is 1.88. The molecule has 0 N–H and O–H groups in total. The Hall–Kier alpha value is -2.08. The van der Waals surface area contributed by atoms with Gasteiger partial charge in [-0.1, -0.05) is 60.3 Å². The van der Waals surface area contributed by atoms with Crippen molar-refractivity contribution in [2.75, 3.05) is 11.4 Å². The summed E-state index contributed by atoms with van der Waals surface area (Å²) in [6.07, 6.45) is 7.44. The smallest absolute Gasteiger partial charge is 0.254 e. The van der Waals surface area contributed by atoms with Crippen molar-refractivity contribution in [3.05, 3.63) is 52.2 Å². The van der Waals surface area contributed by atoms with Crippen LogP contribution in [-0.4, -0.2) is 27.3 Å². The van der Waals surface area contributed by atoms with Crippen LogP contribution in [0.25, 0.3) is 0 Å². The Morgan fingerprint density at radius 1 is 1.06 bits per heavy atom. The maximum atomic E-state index is 13.5. The van der Waals surface area contributed by atoms with Gasteiger partial charge in [0.25, 0.3) is 5.56 Å². The van der Waals surface area contributed by atoms with E-state index in [0.717, 1.165) is 18.5 Å². The highest BCUT2D eigenvalue weighted by molar-refractivity contribution is 7.99. The summed E-state index contributed by atoms with van der Waals surface area (Å²) in [6, 6.07) is 9.83. The lowest BCUT2D eigenvalue weighted by Gasteiger charge is -2.24. The van der Waals surface area contributed by atoms with Crippen molar-refractivity contribution in [2.45, 2.75) is 103 Å². The molecular weight excluding hydrogens is 442 g/mol. The Balaban J connectivity index is 2.20. The van der Waals surface area contributed by atoms with Crippen molar-refractivity contribution in [1.29, 1.82) is 0 Å². The Labute approximate surface area is 210 Å². The van der Waals surface area contributed by atoms with E-state index < -0.39 is 0 Å². The first-order valence-corrected chi connectivity index (χ1v) is 13.8. The van der Waals surface area contributed by atoms with Crippen LogP contribution in [0.15, 0.2) is 40.0 Å². The first kappa shape index (κ1) is 28.2. The molecule has 0 saturated heterocycles. The number of benzene rings is 1. The van der Waals surface area contributed by atoms with E-state index in [2.05, 4.69) is 44.8 Å². The van der Waals surface area contributed by atoms with E-state index >= 15 is 0 Å². The molecule has 0 aliphatic rings. The quantitative estimate of drug-likeness (QED) is 0.222. The lowest BCUT2D eigenvalue weighted by molar-refractivity contribution is -0.119. The molecule has 0 spiro atoms. The van der Waals surface area contributed by atoms with Crippen molar-refractivity contribution in [1.82, 2.24) is 9.55 Å². The second-order valence-electron chi connectivity index (χ2n) is 9.60. The summed E-state index contributed by atoms with van der Waals surface area (Å²) in [5.74, 6) is 1.27. The minimum absolute atomic E-state index is 0.0200. The molecule has 1 heterocycles. The van der Waals surface area contributed by atoms with Crippen molar-refractivity contribution < 1.29 is 4.79 Å². The van der Waals surface area contributed by atoms with Gasteiger partial charge < -0.3 is 4.90 Å². The molecule has 1 aromatic carbocycles. The highest BCUT2D eigenvalue weighted by atomic mass is 32.2. The first-order chi connectivity index (χ1) is 16.2. The number of unbranched alkanes of at least 4 members (excludes halogenated alkanes) is 4. The Morgan fingerprint density at radius 3 is 2.35 bits per heavy atom. The number of nitrogens with zero attached hydrogens (tertiary/aromatic N) is 3. The van der Waals surface area contributed by atoms with Gasteiger partial charge in [-0.25, -0.2) is 4.98 Å². The number of carbonyl (C=O) groups is 1. The third-order valence-electron chi connectivity index (χ3n) is 5.90. The molecule has 1 atom stereocenters. The normalized spacial score (nSPS) is 12.2. The van der Waals surface area contributed by atoms with Gasteiger partial charge in [-0.15, -0.1) is 11.8 Å². The summed E-state index contributed by atoms with van der Waals surface area (Å²) < 4.78 is 1.53. The fourth-order valence-corrected chi connectivity index (χ4v) is 5.50. The highest BCUT2D eigenvalue weighted by Gasteiger charge is 2.19. The zero-order chi connectivity index (χ0) is 25.1. The van der Waals surface area contributed by atoms with Crippen LogP contribution in [0.5, 0.6) is 0 Å². The summed E-state index contributed by atoms with van der Waals surface area (Å²) in [6.45, 7) is 13.4. The van der Waals surface area contributed by atoms with Crippen LogP contribution in [0, 0.1) is 12.8 Å². The number of hydrogen-bond acceptors (Lipinski definition) is 4. The molecule has 0 unspecified atom stereocenters. The third kappa shape index (κ3) is 8.94. The van der Waals surface area contributed by atoms with Crippen LogP contribution in [-0.2, 0) is 17.8 Å². The van der Waals surface area contributed by atoms with Crippen molar-refractivity contribution in [3.8, 4) is 0 Å². The second kappa shape index (κ2) is 14.3. The molecule has 188 valence electrons. The summed E-state index contributed by atoms with van der Waals surface area (Å²) in [4.78, 5) is 33.6. The fraction of sp³-hybridized carbons (Fsp3) is 0.607. The minimum Gasteiger partial charge on any atom is -0.311 e. The standard InChI is InChI=1S/C28H43N3O2S/c1-7-9-10-11-12-17-30(24-13-15-25(16-14-24)34-23(6)18-21(3)4)28(33)20-31-26(8-2)29-22(5)19-27(31)32/h13-16,19,21,23H,7-12,17-18,20H2,1-6H3/t23-/m1/s1. The molecular formula is C28H43N3O2S. The van der Waals surface area contributed by atoms with Crippen molar-refractivity contribution >= 4 is 23.4 Å². The highest BCUT2D eigenvalue weighted by Crippen LogP contribution is 2.29. The van der Waals surface area contributed by atoms with E-state index in [4.69, 9.17) is 0 Å². The summed E-state index contributed by atoms with van der Waals surface area (Å²) in [7, 11) is 0. The Kier molecular flexibility index (Phi) is 11.9. The van der Waals surface area contributed by atoms with E-state index in [1.54, 1.807) is 0 Å². The lowest BCUT2D eigenvalue weighted by atomic mass is 10.1. The molecule has 34 heavy (non-hydrogen) atoms. The maximum absolute atomic E-state index is 13.5. The minimum atomic E-state index is -0.161. The predicted molar refractivity (Wildman–Crippen MR) is 145 cm³/mol. The van der Waals surface area contributed by atoms with Crippen LogP contribution in [0.1, 0.15) is 84.7 Å². The number of rotatable bonds is 14. The predicted octanol–water partition coefficient (Wildman–Crippen LogP) is 6.64. The monoisotopic (exact) mass is 485 g/mol. The second-order valence-corrected chi connectivity index (χ2v) is 11.1. The number of aromatic nitrogens is 2. The van der Waals surface area contributed by atoms with Gasteiger partial charge in [0.15, 0.2) is 0 Å². The van der Waals surface area contributed by atoms with Crippen LogP contribution in [0.3, 0.4) is 0 Å². The van der Waals surface area contributed by atoms with Gasteiger partial charge in [0.05, 0.1) is 0 Å². The molecule has 2 rings (SSSR count). The maximum Gasteiger partial charge on any atom is 0.254 e. The van der Waals surface area contributed by atoms with E-state index in [1.807, 2.05) is 42.6 Å². The van der Waals surface area contributed by atoms with E-state index in [9.17, 15) is 9.59 Å². The molecule has 1 amide bonds. The third-order valence-corrected chi connectivity index (χ3v) is 7.04. The zero-order valence-electron chi connectivity index (χ0n) is 22.0. The fourth-order valence-electron chi connectivity index (χ4n) is 4.26. The van der Waals surface area contributed by atoms with E-state index in [0.29, 0.717) is 35.7 Å². The number of anilines is 1. The molecule has 6 heteroatoms. The van der Waals surface area contributed by atoms with Crippen molar-refractivity contribution in [3.63, 3.8) is 0 Å². The molecule has 0 saturated carbocycles. The largest absolute Gasteiger partial charge is 0.311 e. The van der Waals surface area contributed by atoms with E-state index in [-0.39, 0.29) is 18.0 Å². The van der Waals surface area contributed by atoms with Crippen molar-refractivity contribution in [2.24, 2.45) is 5.92 Å². The number of aryl methyl sites for hydroxylation is 2. The number of amides is 1. The van der Waals surface area contributed by atoms with Gasteiger partial charge in [-0.05, 0) is 49.9 Å². The van der Waals surface area contributed by atoms with E-state index in [1.165, 1.54) is 41.2 Å². The average molecular weight is 486 g/mol. The lowest BCUT2D eigenvalue weighted by Crippen LogP contribution is -2.38. The molecule has 5 nitrogen and oxygen atoms in total. The molecule has 0 fully saturated rings. The van der Waals surface area contributed by atoms with Crippen LogP contribution >= 0.6 is 11.8 Å². The number of carbonyl (C=O) groups excluding carboxylic acids is 1. The summed E-state index contributed by atoms with van der Waals surface area (Å²) in [5, 5.41) is 0.551. The molecule has 0 radical (unpaired) electrons. The summed E-state index contributed by atoms with van der Waals surface area (Å²) in [5.41, 5.74) is 1.43. The van der Waals surface area contributed by atoms with Crippen LogP contribution in [0.2, 0.25) is 0 Å². The van der Waals surface area contributed by atoms with Gasteiger partial charge in [0.2, 0.25) is 5.91 Å². The number of thioether (sulfide) groups is 1. The number of hydrogen-bond donors (Lipinski definition) is 0. The molecule has 1 aromatic heterocycles. The molecule has 0 aliphatic carbocycles. The molecule has 2 aromatic rings. The van der Waals surface area contributed by atoms with Gasteiger partial charge in [-0.2, -0.15) is 0 Å². The molecule has 0 aliphatic heterocycles. The Bertz CT molecular complexity index is 953. The Morgan fingerprint density at radius 2 is 1.74 bits per heavy atom. The van der Waals surface area contributed by atoms with Gasteiger partial charge >= 0.3 is 0 Å². The average Bonchev–Trinajstić information content (AvgIpc) is 2.78.